The van der Waals surface area contributed by atoms with E-state index in [-0.39, 0.29) is 5.56 Å². The van der Waals surface area contributed by atoms with Gasteiger partial charge in [-0.3, -0.25) is 0 Å². The number of alkyl halides is 3. The van der Waals surface area contributed by atoms with E-state index in [1.165, 1.54) is 12.1 Å². The van der Waals surface area contributed by atoms with Crippen LogP contribution >= 0.6 is 0 Å². The van der Waals surface area contributed by atoms with Crippen molar-refractivity contribution in [2.24, 2.45) is 0 Å². The molecule has 2 heterocycles. The highest BCUT2D eigenvalue weighted by Crippen LogP contribution is 2.45. The molecule has 0 aliphatic carbocycles. The first-order chi connectivity index (χ1) is 23.0. The topological polar surface area (TPSA) is 33.6 Å². The van der Waals surface area contributed by atoms with Crippen molar-refractivity contribution in [3.8, 4) is 28.6 Å². The van der Waals surface area contributed by atoms with Crippen LogP contribution in [0.4, 0.5) is 13.2 Å². The highest BCUT2D eigenvalue weighted by atomic mass is 19.4. The largest absolute Gasteiger partial charge is 0.417 e. The average Bonchev–Trinajstić information content (AvgIpc) is 3.54. The SMILES string of the molecule is Cc1ccc2c(c1)c1cc(C)ccc1n2-c1cc(-c2cccc(C#N)c2)c(C(F)(F)F)cc1-n1c2ccc(C)cc2c2cc(C)ccc21. The van der Waals surface area contributed by atoms with Gasteiger partial charge in [0.2, 0.25) is 0 Å². The molecule has 3 nitrogen and oxygen atoms in total. The van der Waals surface area contributed by atoms with E-state index in [1.54, 1.807) is 24.3 Å². The molecule has 234 valence electrons. The predicted molar refractivity (Wildman–Crippen MR) is 189 cm³/mol. The zero-order valence-corrected chi connectivity index (χ0v) is 26.9. The monoisotopic (exact) mass is 633 g/mol. The fourth-order valence-electron chi connectivity index (χ4n) is 7.19. The number of aryl methyl sites for hydroxylation is 4. The number of halogens is 3. The number of nitriles is 1. The van der Waals surface area contributed by atoms with Crippen LogP contribution in [-0.4, -0.2) is 9.13 Å². The highest BCUT2D eigenvalue weighted by Gasteiger charge is 2.36. The minimum Gasteiger partial charge on any atom is -0.307 e. The lowest BCUT2D eigenvalue weighted by Crippen LogP contribution is -2.12. The molecule has 6 aromatic carbocycles. The van der Waals surface area contributed by atoms with E-state index >= 15 is 13.2 Å². The highest BCUT2D eigenvalue weighted by molar-refractivity contribution is 6.12. The Labute approximate surface area is 275 Å². The van der Waals surface area contributed by atoms with Crippen LogP contribution in [0, 0.1) is 39.0 Å². The maximum Gasteiger partial charge on any atom is 0.417 e. The molecule has 0 amide bonds. The summed E-state index contributed by atoms with van der Waals surface area (Å²) in [5.41, 5.74) is 8.65. The third kappa shape index (κ3) is 4.57. The first-order valence-electron chi connectivity index (χ1n) is 15.8. The molecule has 0 aliphatic heterocycles. The van der Waals surface area contributed by atoms with Crippen LogP contribution < -0.4 is 0 Å². The second-order valence-electron chi connectivity index (χ2n) is 12.8. The zero-order valence-electron chi connectivity index (χ0n) is 26.9. The van der Waals surface area contributed by atoms with Crippen LogP contribution in [0.2, 0.25) is 0 Å². The van der Waals surface area contributed by atoms with Gasteiger partial charge in [-0.1, -0.05) is 58.7 Å². The van der Waals surface area contributed by atoms with Gasteiger partial charge in [-0.2, -0.15) is 18.4 Å². The van der Waals surface area contributed by atoms with Crippen LogP contribution in [0.5, 0.6) is 0 Å². The number of aromatic nitrogens is 2. The maximum absolute atomic E-state index is 15.3. The molecule has 0 saturated heterocycles. The Bertz CT molecular complexity index is 2540. The Morgan fingerprint density at radius 3 is 1.33 bits per heavy atom. The van der Waals surface area contributed by atoms with Crippen molar-refractivity contribution >= 4 is 43.6 Å². The maximum atomic E-state index is 15.3. The van der Waals surface area contributed by atoms with Gasteiger partial charge in [0.15, 0.2) is 0 Å². The quantitative estimate of drug-likeness (QED) is 0.191. The Balaban J connectivity index is 1.61. The van der Waals surface area contributed by atoms with Gasteiger partial charge < -0.3 is 9.13 Å². The van der Waals surface area contributed by atoms with Crippen molar-refractivity contribution in [1.29, 1.82) is 5.26 Å². The summed E-state index contributed by atoms with van der Waals surface area (Å²) in [5.74, 6) is 0. The van der Waals surface area contributed by atoms with Gasteiger partial charge in [0.05, 0.1) is 50.6 Å². The van der Waals surface area contributed by atoms with Gasteiger partial charge in [0.1, 0.15) is 0 Å². The van der Waals surface area contributed by atoms with E-state index in [2.05, 4.69) is 47.0 Å². The molecule has 0 aliphatic rings. The number of rotatable bonds is 3. The molecule has 0 unspecified atom stereocenters. The summed E-state index contributed by atoms with van der Waals surface area (Å²) in [6.07, 6.45) is -4.67. The van der Waals surface area contributed by atoms with E-state index in [1.807, 2.05) is 68.7 Å². The van der Waals surface area contributed by atoms with Gasteiger partial charge in [-0.15, -0.1) is 0 Å². The van der Waals surface area contributed by atoms with Crippen LogP contribution in [0.15, 0.2) is 109 Å². The van der Waals surface area contributed by atoms with Crippen molar-refractivity contribution in [2.75, 3.05) is 0 Å². The molecule has 0 bridgehead atoms. The predicted octanol–water partition coefficient (Wildman–Crippen LogP) is 11.7. The third-order valence-corrected chi connectivity index (χ3v) is 9.36. The van der Waals surface area contributed by atoms with E-state index < -0.39 is 11.7 Å². The standard InChI is InChI=1S/C42H30F3N3/c1-24-8-12-36-31(16-24)32-17-25(2)9-13-37(32)47(36)40-21-30(29-7-5-6-28(20-29)23-46)35(42(43,44)45)22-41(40)48-38-14-10-26(3)18-33(38)34-19-27(4)11-15-39(34)48/h5-22H,1-4H3. The fourth-order valence-corrected chi connectivity index (χ4v) is 7.19. The number of hydrogen-bond acceptors (Lipinski definition) is 1. The molecular formula is C42H30F3N3. The third-order valence-electron chi connectivity index (χ3n) is 9.36. The van der Waals surface area contributed by atoms with Gasteiger partial charge in [-0.05, 0) is 112 Å². The molecule has 0 radical (unpaired) electrons. The average molecular weight is 634 g/mol. The van der Waals surface area contributed by atoms with E-state index in [0.29, 0.717) is 22.5 Å². The lowest BCUT2D eigenvalue weighted by Gasteiger charge is -2.22. The molecule has 2 aromatic heterocycles. The van der Waals surface area contributed by atoms with Crippen molar-refractivity contribution in [1.82, 2.24) is 9.13 Å². The smallest absolute Gasteiger partial charge is 0.307 e. The summed E-state index contributed by atoms with van der Waals surface area (Å²) in [7, 11) is 0. The Morgan fingerprint density at radius 2 is 0.938 bits per heavy atom. The molecule has 0 fully saturated rings. The van der Waals surface area contributed by atoms with Crippen LogP contribution in [-0.2, 0) is 6.18 Å². The van der Waals surface area contributed by atoms with Crippen LogP contribution in [0.25, 0.3) is 66.1 Å². The van der Waals surface area contributed by atoms with E-state index in [0.717, 1.165) is 65.9 Å². The zero-order chi connectivity index (χ0) is 33.5. The minimum absolute atomic E-state index is 0.0139. The molecule has 0 saturated carbocycles. The molecule has 6 heteroatoms. The normalized spacial score (nSPS) is 12.0. The fraction of sp³-hybridized carbons (Fsp3) is 0.119. The number of hydrogen-bond donors (Lipinski definition) is 0. The second-order valence-corrected chi connectivity index (χ2v) is 12.8. The lowest BCUT2D eigenvalue weighted by atomic mass is 9.95. The summed E-state index contributed by atoms with van der Waals surface area (Å²) in [4.78, 5) is 0. The summed E-state index contributed by atoms with van der Waals surface area (Å²) < 4.78 is 49.8. The van der Waals surface area contributed by atoms with Gasteiger partial charge >= 0.3 is 6.18 Å². The Hall–Kier alpha value is -5.80. The van der Waals surface area contributed by atoms with Crippen molar-refractivity contribution in [3.05, 3.63) is 143 Å². The molecule has 0 atom stereocenters. The first kappa shape index (κ1) is 29.6. The van der Waals surface area contributed by atoms with Gasteiger partial charge in [0.25, 0.3) is 0 Å². The first-order valence-corrected chi connectivity index (χ1v) is 15.8. The Kier molecular flexibility index (Phi) is 6.54. The summed E-state index contributed by atoms with van der Waals surface area (Å²) >= 11 is 0. The Morgan fingerprint density at radius 1 is 0.521 bits per heavy atom. The van der Waals surface area contributed by atoms with E-state index in [4.69, 9.17) is 0 Å². The lowest BCUT2D eigenvalue weighted by molar-refractivity contribution is -0.137. The van der Waals surface area contributed by atoms with Gasteiger partial charge in [-0.25, -0.2) is 0 Å². The number of nitrogens with zero attached hydrogens (tertiary/aromatic N) is 3. The second kappa shape index (κ2) is 10.6. The molecule has 0 spiro atoms. The summed E-state index contributed by atoms with van der Waals surface area (Å²) in [5, 5.41) is 13.7. The van der Waals surface area contributed by atoms with Crippen molar-refractivity contribution in [3.63, 3.8) is 0 Å². The molecule has 8 aromatic rings. The molecule has 8 rings (SSSR count). The summed E-state index contributed by atoms with van der Waals surface area (Å²) in [6, 6.07) is 36.1. The summed E-state index contributed by atoms with van der Waals surface area (Å²) in [6.45, 7) is 8.14. The number of benzene rings is 6. The van der Waals surface area contributed by atoms with Crippen molar-refractivity contribution < 1.29 is 13.2 Å². The van der Waals surface area contributed by atoms with Gasteiger partial charge in [0, 0.05) is 21.5 Å². The van der Waals surface area contributed by atoms with E-state index in [9.17, 15) is 5.26 Å². The molecular weight excluding hydrogens is 603 g/mol. The number of fused-ring (bicyclic) bond motifs is 6. The van der Waals surface area contributed by atoms with Crippen LogP contribution in [0.3, 0.4) is 0 Å². The molecule has 48 heavy (non-hydrogen) atoms. The minimum atomic E-state index is -4.67. The van der Waals surface area contributed by atoms with Crippen molar-refractivity contribution in [2.45, 2.75) is 33.9 Å². The van der Waals surface area contributed by atoms with Crippen LogP contribution in [0.1, 0.15) is 33.4 Å². The molecule has 0 N–H and O–H groups in total.